The summed E-state index contributed by atoms with van der Waals surface area (Å²) in [4.78, 5) is 0. The highest BCUT2D eigenvalue weighted by Gasteiger charge is 2.24. The highest BCUT2D eigenvalue weighted by molar-refractivity contribution is 6.24. The Bertz CT molecular complexity index is 2140. The minimum Gasteiger partial charge on any atom is -0.359 e. The number of dihydropyridines is 1. The second kappa shape index (κ2) is 8.33. The lowest BCUT2D eigenvalue weighted by atomic mass is 10.00. The monoisotopic (exact) mass is 500 g/mol. The molecule has 8 rings (SSSR count). The summed E-state index contributed by atoms with van der Waals surface area (Å²) >= 11 is 0. The first-order chi connectivity index (χ1) is 19.3. The molecule has 2 aromatic heterocycles. The van der Waals surface area contributed by atoms with E-state index in [0.717, 1.165) is 33.7 Å². The number of fused-ring (bicyclic) bond motifs is 7. The number of benzene rings is 4. The van der Waals surface area contributed by atoms with E-state index < -0.39 is 0 Å². The molecule has 4 nitrogen and oxygen atoms in total. The predicted octanol–water partition coefficient (Wildman–Crippen LogP) is 8.25. The van der Waals surface area contributed by atoms with E-state index in [1.807, 2.05) is 36.6 Å². The molecule has 1 aliphatic carbocycles. The molecule has 0 fully saturated rings. The Hall–Kier alpha value is -5.35. The van der Waals surface area contributed by atoms with Crippen molar-refractivity contribution in [1.82, 2.24) is 14.5 Å². The van der Waals surface area contributed by atoms with Crippen molar-refractivity contribution in [2.24, 2.45) is 0 Å². The van der Waals surface area contributed by atoms with Gasteiger partial charge in [0.15, 0.2) is 0 Å². The van der Waals surface area contributed by atoms with E-state index in [-0.39, 0.29) is 0 Å². The van der Waals surface area contributed by atoms with Gasteiger partial charge in [-0.2, -0.15) is 0 Å². The summed E-state index contributed by atoms with van der Waals surface area (Å²) in [6, 6.07) is 32.4. The molecule has 1 aliphatic heterocycles. The highest BCUT2D eigenvalue weighted by Crippen LogP contribution is 2.42. The summed E-state index contributed by atoms with van der Waals surface area (Å²) in [6.07, 6.45) is 13.9. The van der Waals surface area contributed by atoms with Crippen molar-refractivity contribution in [3.8, 4) is 5.69 Å². The number of rotatable bonds is 2. The van der Waals surface area contributed by atoms with E-state index in [4.69, 9.17) is 5.41 Å². The third-order valence-corrected chi connectivity index (χ3v) is 7.75. The number of nitrogens with one attached hydrogen (secondary N) is 2. The number of hydrogen-bond donors (Lipinski definition) is 2. The number of hydrogen-bond acceptors (Lipinski definition) is 2. The van der Waals surface area contributed by atoms with E-state index >= 15 is 0 Å². The minimum atomic E-state index is 0.491. The first-order valence-electron chi connectivity index (χ1n) is 13.1. The van der Waals surface area contributed by atoms with Gasteiger partial charge < -0.3 is 19.9 Å². The molecule has 3 heterocycles. The Balaban J connectivity index is 1.60. The standard InChI is InChI=1S/C35H24N4/c36-29-16-7-4-15-28(29)33-32(19-10-22-37-33)39-31-18-9-6-14-25(31)27-21-20-26-24-13-5-8-17-30(24)38(34(26)35(27)39)23-11-2-1-3-12-23/h1-22,36-37H/b33-28-,36-29?. The van der Waals surface area contributed by atoms with Crippen LogP contribution in [0.4, 0.5) is 0 Å². The molecule has 4 heteroatoms. The van der Waals surface area contributed by atoms with Gasteiger partial charge in [0.05, 0.1) is 39.2 Å². The topological polar surface area (TPSA) is 45.7 Å². The molecule has 6 aromatic rings. The van der Waals surface area contributed by atoms with Crippen LogP contribution in [0.2, 0.25) is 0 Å². The Morgan fingerprint density at radius 2 is 1.18 bits per heavy atom. The predicted molar refractivity (Wildman–Crippen MR) is 163 cm³/mol. The molecule has 2 N–H and O–H groups in total. The minimum absolute atomic E-state index is 0.491. The number of aromatic nitrogens is 2. The van der Waals surface area contributed by atoms with E-state index in [0.29, 0.717) is 5.71 Å². The van der Waals surface area contributed by atoms with Crippen LogP contribution in [-0.2, 0) is 0 Å². The van der Waals surface area contributed by atoms with Gasteiger partial charge in [-0.15, -0.1) is 0 Å². The maximum atomic E-state index is 8.67. The van der Waals surface area contributed by atoms with E-state index in [2.05, 4.69) is 112 Å². The van der Waals surface area contributed by atoms with Gasteiger partial charge in [-0.25, -0.2) is 0 Å². The SMILES string of the molecule is N=C1C=CC=C/C1=C1/NC=CC=C1n1c2ccccc2c2ccc3c4ccccc4n(-c4ccccc4)c3c21. The third kappa shape index (κ3) is 3.09. The van der Waals surface area contributed by atoms with Gasteiger partial charge in [0.25, 0.3) is 0 Å². The zero-order chi connectivity index (χ0) is 25.9. The van der Waals surface area contributed by atoms with Crippen molar-refractivity contribution in [2.75, 3.05) is 0 Å². The second-order valence-electron chi connectivity index (χ2n) is 9.87. The van der Waals surface area contributed by atoms with Crippen LogP contribution >= 0.6 is 0 Å². The van der Waals surface area contributed by atoms with Gasteiger partial charge in [0.1, 0.15) is 0 Å². The summed E-state index contributed by atoms with van der Waals surface area (Å²) in [5.74, 6) is 0. The van der Waals surface area contributed by atoms with Gasteiger partial charge >= 0.3 is 0 Å². The number of para-hydroxylation sites is 3. The summed E-state index contributed by atoms with van der Waals surface area (Å²) in [6.45, 7) is 0. The number of nitrogens with zero attached hydrogens (tertiary/aromatic N) is 2. The van der Waals surface area contributed by atoms with Crippen molar-refractivity contribution in [2.45, 2.75) is 0 Å². The van der Waals surface area contributed by atoms with Crippen LogP contribution in [0.1, 0.15) is 0 Å². The fourth-order valence-electron chi connectivity index (χ4n) is 6.13. The van der Waals surface area contributed by atoms with Crippen LogP contribution in [0.15, 0.2) is 145 Å². The number of allylic oxidation sites excluding steroid dienone is 8. The maximum Gasteiger partial charge on any atom is 0.0789 e. The molecule has 0 atom stereocenters. The van der Waals surface area contributed by atoms with Gasteiger partial charge in [-0.05, 0) is 42.5 Å². The summed E-state index contributed by atoms with van der Waals surface area (Å²) < 4.78 is 4.77. The fraction of sp³-hybridized carbons (Fsp3) is 0. The lowest BCUT2D eigenvalue weighted by Gasteiger charge is -2.22. The zero-order valence-electron chi connectivity index (χ0n) is 21.1. The molecule has 0 radical (unpaired) electrons. The highest BCUT2D eigenvalue weighted by atomic mass is 15.1. The lowest BCUT2D eigenvalue weighted by Crippen LogP contribution is -2.19. The van der Waals surface area contributed by atoms with Crippen molar-refractivity contribution in [1.29, 1.82) is 5.41 Å². The van der Waals surface area contributed by atoms with Crippen molar-refractivity contribution in [3.05, 3.63) is 145 Å². The normalized spacial score (nSPS) is 17.0. The summed E-state index contributed by atoms with van der Waals surface area (Å²) in [5, 5.41) is 17.0. The lowest BCUT2D eigenvalue weighted by molar-refractivity contribution is 1.04. The van der Waals surface area contributed by atoms with Crippen LogP contribution < -0.4 is 5.32 Å². The third-order valence-electron chi connectivity index (χ3n) is 7.75. The van der Waals surface area contributed by atoms with Gasteiger partial charge in [0, 0.05) is 39.0 Å². The van der Waals surface area contributed by atoms with Crippen molar-refractivity contribution in [3.63, 3.8) is 0 Å². The largest absolute Gasteiger partial charge is 0.359 e. The fourth-order valence-corrected chi connectivity index (χ4v) is 6.13. The second-order valence-corrected chi connectivity index (χ2v) is 9.87. The molecule has 0 bridgehead atoms. The van der Waals surface area contributed by atoms with Crippen LogP contribution in [0.5, 0.6) is 0 Å². The van der Waals surface area contributed by atoms with Crippen LogP contribution in [0, 0.1) is 5.41 Å². The molecule has 0 spiro atoms. The molecular weight excluding hydrogens is 476 g/mol. The van der Waals surface area contributed by atoms with Crippen LogP contribution in [0.3, 0.4) is 0 Å². The average molecular weight is 501 g/mol. The maximum absolute atomic E-state index is 8.67. The zero-order valence-corrected chi connectivity index (χ0v) is 21.1. The Labute approximate surface area is 225 Å². The Morgan fingerprint density at radius 1 is 0.564 bits per heavy atom. The van der Waals surface area contributed by atoms with Crippen molar-refractivity contribution < 1.29 is 0 Å². The van der Waals surface area contributed by atoms with Gasteiger partial charge in [-0.3, -0.25) is 0 Å². The Morgan fingerprint density at radius 3 is 1.90 bits per heavy atom. The van der Waals surface area contributed by atoms with Crippen LogP contribution in [-0.4, -0.2) is 14.8 Å². The summed E-state index contributed by atoms with van der Waals surface area (Å²) in [7, 11) is 0. The van der Waals surface area contributed by atoms with E-state index in [1.165, 1.54) is 32.6 Å². The van der Waals surface area contributed by atoms with Gasteiger partial charge in [0.2, 0.25) is 0 Å². The van der Waals surface area contributed by atoms with Gasteiger partial charge in [-0.1, -0.05) is 85.0 Å². The summed E-state index contributed by atoms with van der Waals surface area (Å²) in [5.41, 5.74) is 9.06. The molecular formula is C35H24N4. The molecule has 2 aliphatic rings. The quantitative estimate of drug-likeness (QED) is 0.247. The molecule has 0 saturated heterocycles. The smallest absolute Gasteiger partial charge is 0.0789 e. The molecule has 4 aromatic carbocycles. The molecule has 0 saturated carbocycles. The molecule has 184 valence electrons. The van der Waals surface area contributed by atoms with E-state index in [9.17, 15) is 0 Å². The molecule has 0 amide bonds. The first kappa shape index (κ1) is 21.7. The van der Waals surface area contributed by atoms with E-state index in [1.54, 1.807) is 0 Å². The molecule has 39 heavy (non-hydrogen) atoms. The molecule has 0 unspecified atom stereocenters. The first-order valence-corrected chi connectivity index (χ1v) is 13.1. The van der Waals surface area contributed by atoms with Crippen molar-refractivity contribution >= 4 is 55.0 Å². The Kier molecular flexibility index (Phi) is 4.64. The average Bonchev–Trinajstić information content (AvgIpc) is 3.51. The van der Waals surface area contributed by atoms with Crippen LogP contribution in [0.25, 0.3) is 55.0 Å².